The summed E-state index contributed by atoms with van der Waals surface area (Å²) in [4.78, 5) is 0. The average Bonchev–Trinajstić information content (AvgIpc) is 2.23. The predicted molar refractivity (Wildman–Crippen MR) is 61.9 cm³/mol. The molecule has 0 aliphatic rings. The molecule has 1 aromatic carbocycles. The molecule has 0 heterocycles. The van der Waals surface area contributed by atoms with Crippen LogP contribution in [0.1, 0.15) is 17.5 Å². The van der Waals surface area contributed by atoms with Gasteiger partial charge < -0.3 is 5.32 Å². The van der Waals surface area contributed by atoms with E-state index in [1.165, 1.54) is 12.1 Å². The van der Waals surface area contributed by atoms with Gasteiger partial charge in [0.25, 0.3) is 0 Å². The molecule has 0 amide bonds. The van der Waals surface area contributed by atoms with E-state index >= 15 is 0 Å². The summed E-state index contributed by atoms with van der Waals surface area (Å²) in [5.74, 6) is 5.17. The minimum absolute atomic E-state index is 0.0823. The molecule has 0 saturated carbocycles. The quantitative estimate of drug-likeness (QED) is 0.636. The highest BCUT2D eigenvalue weighted by atomic mass is 35.5. The Morgan fingerprint density at radius 2 is 2.06 bits per heavy atom. The Labute approximate surface area is 103 Å². The first kappa shape index (κ1) is 13.9. The number of hydrogen-bond acceptors (Lipinski definition) is 1. The summed E-state index contributed by atoms with van der Waals surface area (Å²) in [6.07, 6.45) is -3.92. The first-order valence-corrected chi connectivity index (χ1v) is 5.33. The lowest BCUT2D eigenvalue weighted by atomic mass is 10.1. The van der Waals surface area contributed by atoms with Crippen LogP contribution in [0, 0.1) is 11.8 Å². The maximum atomic E-state index is 12.6. The highest BCUT2D eigenvalue weighted by Gasteiger charge is 2.32. The van der Waals surface area contributed by atoms with Crippen LogP contribution in [0.25, 0.3) is 0 Å². The lowest BCUT2D eigenvalue weighted by molar-refractivity contribution is -0.137. The van der Waals surface area contributed by atoms with Gasteiger partial charge >= 0.3 is 6.18 Å². The van der Waals surface area contributed by atoms with Crippen LogP contribution < -0.4 is 5.32 Å². The lowest BCUT2D eigenvalue weighted by Gasteiger charge is -2.08. The number of nitrogens with one attached hydrogen (secondary N) is 1. The third-order valence-electron chi connectivity index (χ3n) is 2.01. The Kier molecular flexibility index (Phi) is 4.86. The molecule has 1 nitrogen and oxygen atoms in total. The second-order valence-corrected chi connectivity index (χ2v) is 3.78. The van der Waals surface area contributed by atoms with Crippen LogP contribution >= 0.6 is 11.6 Å². The van der Waals surface area contributed by atoms with E-state index in [4.69, 9.17) is 11.6 Å². The smallest absolute Gasteiger partial charge is 0.319 e. The summed E-state index contributed by atoms with van der Waals surface area (Å²) in [6.45, 7) is 0.634. The fraction of sp³-hybridized carbons (Fsp3) is 0.333. The van der Waals surface area contributed by atoms with Crippen molar-refractivity contribution in [3.05, 3.63) is 34.3 Å². The molecule has 92 valence electrons. The van der Waals surface area contributed by atoms with E-state index in [-0.39, 0.29) is 10.6 Å². The van der Waals surface area contributed by atoms with E-state index in [9.17, 15) is 13.2 Å². The van der Waals surface area contributed by atoms with E-state index in [2.05, 4.69) is 17.2 Å². The molecule has 17 heavy (non-hydrogen) atoms. The molecule has 5 heteroatoms. The van der Waals surface area contributed by atoms with Crippen molar-refractivity contribution in [2.75, 3.05) is 13.6 Å². The van der Waals surface area contributed by atoms with Crippen molar-refractivity contribution in [3.8, 4) is 11.8 Å². The maximum Gasteiger partial charge on any atom is 0.417 e. The summed E-state index contributed by atoms with van der Waals surface area (Å²) in [7, 11) is 1.75. The fourth-order valence-corrected chi connectivity index (χ4v) is 1.38. The highest BCUT2D eigenvalue weighted by molar-refractivity contribution is 6.30. The lowest BCUT2D eigenvalue weighted by Crippen LogP contribution is -2.08. The van der Waals surface area contributed by atoms with E-state index < -0.39 is 11.7 Å². The van der Waals surface area contributed by atoms with Gasteiger partial charge in [0.2, 0.25) is 0 Å². The molecule has 0 spiro atoms. The zero-order chi connectivity index (χ0) is 12.9. The minimum Gasteiger partial charge on any atom is -0.319 e. The third kappa shape index (κ3) is 4.29. The summed E-state index contributed by atoms with van der Waals surface area (Å²) in [6, 6.07) is 3.39. The van der Waals surface area contributed by atoms with Crippen molar-refractivity contribution in [1.29, 1.82) is 0 Å². The summed E-state index contributed by atoms with van der Waals surface area (Å²) in [5, 5.41) is 3.11. The standard InChI is InChI=1S/C12H11ClF3N/c1-17-7-3-2-4-9-8-10(13)5-6-11(9)12(14,15)16/h5-6,8,17H,3,7H2,1H3. The van der Waals surface area contributed by atoms with E-state index in [0.29, 0.717) is 13.0 Å². The number of hydrogen-bond donors (Lipinski definition) is 1. The minimum atomic E-state index is -4.41. The zero-order valence-corrected chi connectivity index (χ0v) is 9.91. The van der Waals surface area contributed by atoms with Crippen LogP contribution in [-0.2, 0) is 6.18 Å². The monoisotopic (exact) mass is 261 g/mol. The number of benzene rings is 1. The van der Waals surface area contributed by atoms with Gasteiger partial charge in [-0.3, -0.25) is 0 Å². The van der Waals surface area contributed by atoms with Crippen molar-refractivity contribution < 1.29 is 13.2 Å². The Hall–Kier alpha value is -1.18. The predicted octanol–water partition coefficient (Wildman–Crippen LogP) is 3.32. The summed E-state index contributed by atoms with van der Waals surface area (Å²) in [5.41, 5.74) is -0.833. The van der Waals surface area contributed by atoms with Crippen molar-refractivity contribution in [3.63, 3.8) is 0 Å². The normalized spacial score (nSPS) is 10.9. The molecule has 0 radical (unpaired) electrons. The van der Waals surface area contributed by atoms with Gasteiger partial charge in [-0.05, 0) is 25.2 Å². The second-order valence-electron chi connectivity index (χ2n) is 3.34. The van der Waals surface area contributed by atoms with Gasteiger partial charge in [-0.1, -0.05) is 23.4 Å². The molecule has 0 aliphatic carbocycles. The summed E-state index contributed by atoms with van der Waals surface area (Å²) < 4.78 is 37.9. The van der Waals surface area contributed by atoms with Crippen molar-refractivity contribution in [1.82, 2.24) is 5.32 Å². The molecular formula is C12H11ClF3N. The molecule has 0 fully saturated rings. The zero-order valence-electron chi connectivity index (χ0n) is 9.16. The van der Waals surface area contributed by atoms with Gasteiger partial charge in [0.1, 0.15) is 0 Å². The number of rotatable bonds is 2. The van der Waals surface area contributed by atoms with Gasteiger partial charge in [0, 0.05) is 23.6 Å². The molecule has 1 N–H and O–H groups in total. The molecule has 1 aromatic rings. The van der Waals surface area contributed by atoms with Crippen molar-refractivity contribution in [2.45, 2.75) is 12.6 Å². The van der Waals surface area contributed by atoms with Gasteiger partial charge in [0.15, 0.2) is 0 Å². The molecule has 0 aromatic heterocycles. The van der Waals surface area contributed by atoms with Gasteiger partial charge in [-0.2, -0.15) is 13.2 Å². The molecule has 0 saturated heterocycles. The third-order valence-corrected chi connectivity index (χ3v) is 2.25. The highest BCUT2D eigenvalue weighted by Crippen LogP contribution is 2.32. The van der Waals surface area contributed by atoms with Crippen LogP contribution in [0.2, 0.25) is 5.02 Å². The largest absolute Gasteiger partial charge is 0.417 e. The number of halogens is 4. The van der Waals surface area contributed by atoms with E-state index in [1.807, 2.05) is 0 Å². The maximum absolute atomic E-state index is 12.6. The average molecular weight is 262 g/mol. The Balaban J connectivity index is 3.02. The molecule has 0 bridgehead atoms. The van der Waals surface area contributed by atoms with Crippen LogP contribution in [0.4, 0.5) is 13.2 Å². The van der Waals surface area contributed by atoms with Gasteiger partial charge in [0.05, 0.1) is 5.56 Å². The van der Waals surface area contributed by atoms with Crippen molar-refractivity contribution in [2.24, 2.45) is 0 Å². The Bertz CT molecular complexity index is 443. The molecule has 0 aliphatic heterocycles. The Morgan fingerprint density at radius 3 is 2.65 bits per heavy atom. The first-order chi connectivity index (χ1) is 7.95. The molecule has 1 rings (SSSR count). The van der Waals surface area contributed by atoms with Crippen LogP contribution in [-0.4, -0.2) is 13.6 Å². The van der Waals surface area contributed by atoms with Crippen LogP contribution in [0.15, 0.2) is 18.2 Å². The van der Waals surface area contributed by atoms with Gasteiger partial charge in [-0.25, -0.2) is 0 Å². The van der Waals surface area contributed by atoms with Crippen LogP contribution in [0.3, 0.4) is 0 Å². The van der Waals surface area contributed by atoms with Gasteiger partial charge in [-0.15, -0.1) is 0 Å². The number of alkyl halides is 3. The fourth-order valence-electron chi connectivity index (χ4n) is 1.21. The first-order valence-electron chi connectivity index (χ1n) is 4.95. The molecule has 0 atom stereocenters. The SMILES string of the molecule is CNCCC#Cc1cc(Cl)ccc1C(F)(F)F. The topological polar surface area (TPSA) is 12.0 Å². The summed E-state index contributed by atoms with van der Waals surface area (Å²) >= 11 is 5.66. The molecular weight excluding hydrogens is 251 g/mol. The molecule has 0 unspecified atom stereocenters. The van der Waals surface area contributed by atoms with E-state index in [0.717, 1.165) is 6.07 Å². The Morgan fingerprint density at radius 1 is 1.35 bits per heavy atom. The van der Waals surface area contributed by atoms with Crippen molar-refractivity contribution >= 4 is 11.6 Å². The van der Waals surface area contributed by atoms with Crippen LogP contribution in [0.5, 0.6) is 0 Å². The van der Waals surface area contributed by atoms with E-state index in [1.54, 1.807) is 7.05 Å². The second kappa shape index (κ2) is 5.95.